The number of aromatic nitrogens is 1. The fraction of sp³-hybridized carbons (Fsp3) is 0.700. The van der Waals surface area contributed by atoms with Gasteiger partial charge in [0, 0.05) is 18.5 Å². The average molecular weight is 212 g/mol. The lowest BCUT2D eigenvalue weighted by Gasteiger charge is -2.21. The summed E-state index contributed by atoms with van der Waals surface area (Å²) >= 11 is 1.75. The van der Waals surface area contributed by atoms with E-state index in [0.717, 1.165) is 38.2 Å². The van der Waals surface area contributed by atoms with Crippen LogP contribution in [0.4, 0.5) is 0 Å². The van der Waals surface area contributed by atoms with Gasteiger partial charge in [0.25, 0.3) is 0 Å². The van der Waals surface area contributed by atoms with Crippen molar-refractivity contribution in [3.63, 3.8) is 0 Å². The number of morpholine rings is 1. The van der Waals surface area contributed by atoms with E-state index < -0.39 is 0 Å². The van der Waals surface area contributed by atoms with Gasteiger partial charge in [0.2, 0.25) is 0 Å². The molecule has 0 radical (unpaired) electrons. The van der Waals surface area contributed by atoms with Gasteiger partial charge in [-0.25, -0.2) is 4.98 Å². The van der Waals surface area contributed by atoms with Crippen molar-refractivity contribution in [1.82, 2.24) is 10.3 Å². The van der Waals surface area contributed by atoms with Crippen LogP contribution in [0.5, 0.6) is 0 Å². The van der Waals surface area contributed by atoms with Gasteiger partial charge in [-0.15, -0.1) is 11.3 Å². The van der Waals surface area contributed by atoms with Crippen LogP contribution < -0.4 is 5.32 Å². The maximum Gasteiger partial charge on any atom is 0.113 e. The summed E-state index contributed by atoms with van der Waals surface area (Å²) < 4.78 is 5.64. The molecule has 4 heteroatoms. The topological polar surface area (TPSA) is 34.2 Å². The predicted octanol–water partition coefficient (Wildman–Crippen LogP) is 1.76. The van der Waals surface area contributed by atoms with Gasteiger partial charge in [-0.2, -0.15) is 0 Å². The molecule has 2 heterocycles. The van der Waals surface area contributed by atoms with Crippen LogP contribution in [0.1, 0.15) is 30.2 Å². The zero-order chi connectivity index (χ0) is 9.80. The highest BCUT2D eigenvalue weighted by atomic mass is 32.1. The molecule has 1 atom stereocenters. The molecule has 1 N–H and O–H groups in total. The van der Waals surface area contributed by atoms with Crippen molar-refractivity contribution >= 4 is 11.3 Å². The molecule has 1 unspecified atom stereocenters. The largest absolute Gasteiger partial charge is 0.369 e. The predicted molar refractivity (Wildman–Crippen MR) is 57.7 cm³/mol. The van der Waals surface area contributed by atoms with Crippen LogP contribution in [0, 0.1) is 0 Å². The summed E-state index contributed by atoms with van der Waals surface area (Å²) in [5, 5.41) is 6.67. The zero-order valence-electron chi connectivity index (χ0n) is 8.45. The Morgan fingerprint density at radius 1 is 1.71 bits per heavy atom. The minimum Gasteiger partial charge on any atom is -0.369 e. The fourth-order valence-electron chi connectivity index (χ4n) is 1.56. The summed E-state index contributed by atoms with van der Waals surface area (Å²) in [7, 11) is 0. The Morgan fingerprint density at radius 3 is 3.36 bits per heavy atom. The normalized spacial score (nSPS) is 22.5. The van der Waals surface area contributed by atoms with Gasteiger partial charge in [-0.3, -0.25) is 0 Å². The molecule has 0 aliphatic carbocycles. The highest BCUT2D eigenvalue weighted by molar-refractivity contribution is 7.09. The van der Waals surface area contributed by atoms with Gasteiger partial charge in [0.05, 0.1) is 17.3 Å². The lowest BCUT2D eigenvalue weighted by atomic mass is 10.2. The second-order valence-corrected chi connectivity index (χ2v) is 4.42. The van der Waals surface area contributed by atoms with Crippen LogP contribution in [0.2, 0.25) is 0 Å². The maximum absolute atomic E-state index is 5.64. The lowest BCUT2D eigenvalue weighted by Crippen LogP contribution is -2.33. The number of ether oxygens (including phenoxy) is 1. The van der Waals surface area contributed by atoms with E-state index in [4.69, 9.17) is 4.74 Å². The monoisotopic (exact) mass is 212 g/mol. The molecule has 0 saturated carbocycles. The molecule has 2 rings (SSSR count). The first-order chi connectivity index (χ1) is 6.90. The Hall–Kier alpha value is -0.450. The molecular formula is C10H16N2OS. The van der Waals surface area contributed by atoms with Gasteiger partial charge in [-0.05, 0) is 12.8 Å². The smallest absolute Gasteiger partial charge is 0.113 e. The Balaban J connectivity index is 2.00. The molecule has 1 aromatic heterocycles. The third-order valence-corrected chi connectivity index (χ3v) is 3.22. The Bertz CT molecular complexity index is 281. The fourth-order valence-corrected chi connectivity index (χ4v) is 2.50. The Kier molecular flexibility index (Phi) is 3.50. The average Bonchev–Trinajstić information content (AvgIpc) is 2.68. The molecular weight excluding hydrogens is 196 g/mol. The van der Waals surface area contributed by atoms with E-state index >= 15 is 0 Å². The second-order valence-electron chi connectivity index (χ2n) is 3.48. The first-order valence-electron chi connectivity index (χ1n) is 5.16. The quantitative estimate of drug-likeness (QED) is 0.829. The molecule has 1 aromatic rings. The minimum atomic E-state index is 0.172. The van der Waals surface area contributed by atoms with E-state index in [0.29, 0.717) is 0 Å². The van der Waals surface area contributed by atoms with Crippen LogP contribution in [0.25, 0.3) is 0 Å². The van der Waals surface area contributed by atoms with Crippen molar-refractivity contribution in [2.75, 3.05) is 19.7 Å². The molecule has 1 saturated heterocycles. The van der Waals surface area contributed by atoms with Crippen molar-refractivity contribution in [3.8, 4) is 0 Å². The summed E-state index contributed by atoms with van der Waals surface area (Å²) in [6, 6.07) is 0. The van der Waals surface area contributed by atoms with Crippen LogP contribution in [0.15, 0.2) is 5.38 Å². The van der Waals surface area contributed by atoms with E-state index in [1.54, 1.807) is 11.3 Å². The number of hydrogen-bond acceptors (Lipinski definition) is 4. The van der Waals surface area contributed by atoms with E-state index in [-0.39, 0.29) is 6.10 Å². The van der Waals surface area contributed by atoms with Crippen molar-refractivity contribution in [3.05, 3.63) is 16.1 Å². The summed E-state index contributed by atoms with van der Waals surface area (Å²) in [6.45, 7) is 4.84. The molecule has 1 fully saturated rings. The lowest BCUT2D eigenvalue weighted by molar-refractivity contribution is 0.0253. The van der Waals surface area contributed by atoms with E-state index in [1.165, 1.54) is 5.01 Å². The molecule has 3 nitrogen and oxygen atoms in total. The van der Waals surface area contributed by atoms with Gasteiger partial charge >= 0.3 is 0 Å². The number of nitrogens with one attached hydrogen (secondary N) is 1. The molecule has 0 aromatic carbocycles. The number of nitrogens with zero attached hydrogens (tertiary/aromatic N) is 1. The highest BCUT2D eigenvalue weighted by Gasteiger charge is 2.18. The van der Waals surface area contributed by atoms with Gasteiger partial charge < -0.3 is 10.1 Å². The van der Waals surface area contributed by atoms with Crippen LogP contribution in [0.3, 0.4) is 0 Å². The van der Waals surface area contributed by atoms with Crippen molar-refractivity contribution in [2.45, 2.75) is 25.9 Å². The number of rotatable bonds is 3. The van der Waals surface area contributed by atoms with Gasteiger partial charge in [0.1, 0.15) is 6.10 Å². The van der Waals surface area contributed by atoms with Gasteiger partial charge in [-0.1, -0.05) is 6.92 Å². The third-order valence-electron chi connectivity index (χ3n) is 2.29. The summed E-state index contributed by atoms with van der Waals surface area (Å²) in [4.78, 5) is 4.58. The van der Waals surface area contributed by atoms with Crippen molar-refractivity contribution < 1.29 is 4.74 Å². The third kappa shape index (κ3) is 2.32. The number of hydrogen-bond donors (Lipinski definition) is 1. The molecule has 1 aliphatic heterocycles. The molecule has 0 amide bonds. The van der Waals surface area contributed by atoms with Crippen LogP contribution in [-0.2, 0) is 11.2 Å². The van der Waals surface area contributed by atoms with E-state index in [9.17, 15) is 0 Å². The number of thiazole rings is 1. The molecule has 78 valence electrons. The van der Waals surface area contributed by atoms with Crippen molar-refractivity contribution in [2.24, 2.45) is 0 Å². The SMILES string of the molecule is CCCc1nc(C2CNCCO2)cs1. The second kappa shape index (κ2) is 4.87. The standard InChI is InChI=1S/C10H16N2OS/c1-2-3-10-12-8(7-14-10)9-6-11-4-5-13-9/h7,9,11H,2-6H2,1H3. The highest BCUT2D eigenvalue weighted by Crippen LogP contribution is 2.21. The van der Waals surface area contributed by atoms with Crippen LogP contribution in [-0.4, -0.2) is 24.7 Å². The number of aryl methyl sites for hydroxylation is 1. The zero-order valence-corrected chi connectivity index (χ0v) is 9.27. The first-order valence-corrected chi connectivity index (χ1v) is 6.04. The summed E-state index contributed by atoms with van der Waals surface area (Å²) in [5.41, 5.74) is 1.10. The molecule has 0 bridgehead atoms. The first kappa shape index (κ1) is 10.1. The van der Waals surface area contributed by atoms with Gasteiger partial charge in [0.15, 0.2) is 0 Å². The Morgan fingerprint density at radius 2 is 2.64 bits per heavy atom. The summed E-state index contributed by atoms with van der Waals surface area (Å²) in [6.07, 6.45) is 2.42. The molecule has 0 spiro atoms. The van der Waals surface area contributed by atoms with Crippen LogP contribution >= 0.6 is 11.3 Å². The molecule has 14 heavy (non-hydrogen) atoms. The minimum absolute atomic E-state index is 0.172. The van der Waals surface area contributed by atoms with E-state index in [1.807, 2.05) is 0 Å². The molecule has 1 aliphatic rings. The summed E-state index contributed by atoms with van der Waals surface area (Å²) in [5.74, 6) is 0. The Labute approximate surface area is 88.5 Å². The van der Waals surface area contributed by atoms with Crippen molar-refractivity contribution in [1.29, 1.82) is 0 Å². The van der Waals surface area contributed by atoms with E-state index in [2.05, 4.69) is 22.6 Å². The maximum atomic E-state index is 5.64.